The molecule has 0 spiro atoms. The standard InChI is InChI=1S/C48H51FO10/c1-50-48-45(54-30-36-23-13-5-14-24-36)44(53-29-35-21-11-4-12-22-35)42(38(57-48)31-51-27-33-17-7-2-8-18-33)59-47-40(49)43(52-28-34-19-9-3-10-20-34)41-39(56-47)32-55-46(58-41)37-25-15-6-16-26-37/h2-26,38-48H,27-32H2,1H3/t38-,39-,40-,41-,42-,43-,44+,45-,46?,47?,48+/m1/s1. The molecular formula is C48H51FO10. The smallest absolute Gasteiger partial charge is 0.192 e. The first kappa shape index (κ1) is 41.4. The lowest BCUT2D eigenvalue weighted by atomic mass is 9.96. The van der Waals surface area contributed by atoms with Crippen LogP contribution in [0.15, 0.2) is 152 Å². The molecule has 2 unspecified atom stereocenters. The van der Waals surface area contributed by atoms with Crippen molar-refractivity contribution in [2.45, 2.75) is 94.2 Å². The Morgan fingerprint density at radius 2 is 1.02 bits per heavy atom. The zero-order valence-corrected chi connectivity index (χ0v) is 33.0. The summed E-state index contributed by atoms with van der Waals surface area (Å²) < 4.78 is 81.9. The van der Waals surface area contributed by atoms with Crippen molar-refractivity contribution in [3.63, 3.8) is 0 Å². The number of hydrogen-bond acceptors (Lipinski definition) is 10. The lowest BCUT2D eigenvalue weighted by Crippen LogP contribution is -2.66. The van der Waals surface area contributed by atoms with Crippen LogP contribution in [0.1, 0.15) is 34.1 Å². The maximum atomic E-state index is 17.4. The van der Waals surface area contributed by atoms with Crippen molar-refractivity contribution in [3.05, 3.63) is 179 Å². The predicted molar refractivity (Wildman–Crippen MR) is 215 cm³/mol. The van der Waals surface area contributed by atoms with Crippen LogP contribution in [0.2, 0.25) is 0 Å². The third-order valence-corrected chi connectivity index (χ3v) is 10.7. The van der Waals surface area contributed by atoms with Crippen LogP contribution < -0.4 is 0 Å². The van der Waals surface area contributed by atoms with Gasteiger partial charge in [-0.05, 0) is 22.3 Å². The Morgan fingerprint density at radius 3 is 1.56 bits per heavy atom. The summed E-state index contributed by atoms with van der Waals surface area (Å²) in [7, 11) is 1.56. The van der Waals surface area contributed by atoms with Gasteiger partial charge in [-0.25, -0.2) is 4.39 Å². The fraction of sp³-hybridized carbons (Fsp3) is 0.375. The van der Waals surface area contributed by atoms with Crippen molar-refractivity contribution in [1.82, 2.24) is 0 Å². The molecule has 0 N–H and O–H groups in total. The summed E-state index contributed by atoms with van der Waals surface area (Å²) in [4.78, 5) is 0. The highest BCUT2D eigenvalue weighted by molar-refractivity contribution is 5.18. The Labute approximate surface area is 345 Å². The summed E-state index contributed by atoms with van der Waals surface area (Å²) in [6, 6.07) is 48.6. The molecule has 11 atom stereocenters. The highest BCUT2D eigenvalue weighted by Crippen LogP contribution is 2.39. The van der Waals surface area contributed by atoms with Gasteiger partial charge in [0.1, 0.15) is 42.7 Å². The van der Waals surface area contributed by atoms with Crippen LogP contribution in [0.3, 0.4) is 0 Å². The average molecular weight is 807 g/mol. The number of alkyl halides is 1. The normalized spacial score (nSPS) is 29.4. The first-order valence-electron chi connectivity index (χ1n) is 20.2. The van der Waals surface area contributed by atoms with Crippen LogP contribution in [0, 0.1) is 0 Å². The van der Waals surface area contributed by atoms with Crippen LogP contribution in [0.25, 0.3) is 0 Å². The van der Waals surface area contributed by atoms with E-state index < -0.39 is 67.8 Å². The lowest BCUT2D eigenvalue weighted by Gasteiger charge is -2.50. The molecule has 0 aliphatic carbocycles. The Hall–Kier alpha value is -4.37. The predicted octanol–water partition coefficient (Wildman–Crippen LogP) is 7.89. The number of methoxy groups -OCH3 is 1. The number of benzene rings is 5. The van der Waals surface area contributed by atoms with E-state index >= 15 is 4.39 Å². The molecule has 0 radical (unpaired) electrons. The van der Waals surface area contributed by atoms with Gasteiger partial charge < -0.3 is 47.4 Å². The van der Waals surface area contributed by atoms with Gasteiger partial charge in [-0.2, -0.15) is 0 Å². The molecule has 3 heterocycles. The monoisotopic (exact) mass is 806 g/mol. The Balaban J connectivity index is 1.09. The van der Waals surface area contributed by atoms with Gasteiger partial charge in [0.15, 0.2) is 25.0 Å². The van der Waals surface area contributed by atoms with E-state index in [2.05, 4.69) is 0 Å². The van der Waals surface area contributed by atoms with E-state index in [1.165, 1.54) is 0 Å². The van der Waals surface area contributed by atoms with Crippen molar-refractivity contribution in [2.24, 2.45) is 0 Å². The molecule has 5 aromatic rings. The molecule has 0 saturated carbocycles. The summed E-state index contributed by atoms with van der Waals surface area (Å²) in [6.07, 6.45) is -10.8. The van der Waals surface area contributed by atoms with Crippen molar-refractivity contribution in [1.29, 1.82) is 0 Å². The van der Waals surface area contributed by atoms with Crippen molar-refractivity contribution < 1.29 is 51.8 Å². The second-order valence-electron chi connectivity index (χ2n) is 14.8. The molecule has 310 valence electrons. The van der Waals surface area contributed by atoms with E-state index in [1.807, 2.05) is 152 Å². The van der Waals surface area contributed by atoms with E-state index in [0.717, 1.165) is 27.8 Å². The van der Waals surface area contributed by atoms with Gasteiger partial charge in [-0.1, -0.05) is 152 Å². The van der Waals surface area contributed by atoms with Crippen LogP contribution in [-0.2, 0) is 73.8 Å². The summed E-state index contributed by atoms with van der Waals surface area (Å²) in [5.41, 5.74) is 4.57. The molecule has 5 aromatic carbocycles. The molecule has 8 rings (SSSR count). The molecule has 10 nitrogen and oxygen atoms in total. The van der Waals surface area contributed by atoms with Gasteiger partial charge in [0.05, 0.1) is 39.6 Å². The van der Waals surface area contributed by atoms with Gasteiger partial charge in [0, 0.05) is 12.7 Å². The molecule has 3 saturated heterocycles. The van der Waals surface area contributed by atoms with Gasteiger partial charge >= 0.3 is 0 Å². The molecule has 3 fully saturated rings. The number of ether oxygens (including phenoxy) is 10. The largest absolute Gasteiger partial charge is 0.374 e. The Kier molecular flexibility index (Phi) is 14.5. The zero-order chi connectivity index (χ0) is 40.2. The van der Waals surface area contributed by atoms with Crippen LogP contribution >= 0.6 is 0 Å². The number of fused-ring (bicyclic) bond motifs is 1. The molecule has 3 aliphatic rings. The SMILES string of the molecule is CO[C@H]1O[C@H](COCc2ccccc2)[C@@H](OC2O[C@@H]3COC(c4ccccc4)O[C@H]3[C@H](OCc3ccccc3)[C@H]2F)[C@H](OCc2ccccc2)[C@H]1OCc1ccccc1. The number of hydrogen-bond donors (Lipinski definition) is 0. The fourth-order valence-electron chi connectivity index (χ4n) is 7.67. The summed E-state index contributed by atoms with van der Waals surface area (Å²) in [5.74, 6) is 0. The summed E-state index contributed by atoms with van der Waals surface area (Å²) >= 11 is 0. The maximum Gasteiger partial charge on any atom is 0.192 e. The number of rotatable bonds is 17. The molecule has 0 bridgehead atoms. The minimum Gasteiger partial charge on any atom is -0.374 e. The molecule has 59 heavy (non-hydrogen) atoms. The molecule has 0 amide bonds. The van der Waals surface area contributed by atoms with Crippen molar-refractivity contribution in [3.8, 4) is 0 Å². The average Bonchev–Trinajstić information content (AvgIpc) is 3.29. The lowest BCUT2D eigenvalue weighted by molar-refractivity contribution is -0.386. The van der Waals surface area contributed by atoms with E-state index in [9.17, 15) is 0 Å². The topological polar surface area (TPSA) is 92.3 Å². The fourth-order valence-corrected chi connectivity index (χ4v) is 7.67. The molecular weight excluding hydrogens is 756 g/mol. The van der Waals surface area contributed by atoms with Gasteiger partial charge in [0.25, 0.3) is 0 Å². The zero-order valence-electron chi connectivity index (χ0n) is 33.0. The minimum absolute atomic E-state index is 0.0741. The Bertz CT molecular complexity index is 1950. The van der Waals surface area contributed by atoms with Crippen LogP contribution in [0.5, 0.6) is 0 Å². The summed E-state index contributed by atoms with van der Waals surface area (Å²) in [5, 5.41) is 0. The molecule has 3 aliphatic heterocycles. The summed E-state index contributed by atoms with van der Waals surface area (Å²) in [6.45, 7) is 1.12. The molecule has 0 aromatic heterocycles. The highest BCUT2D eigenvalue weighted by Gasteiger charge is 2.55. The van der Waals surface area contributed by atoms with E-state index in [-0.39, 0.29) is 33.0 Å². The Morgan fingerprint density at radius 1 is 0.525 bits per heavy atom. The van der Waals surface area contributed by atoms with Gasteiger partial charge in [-0.3, -0.25) is 0 Å². The van der Waals surface area contributed by atoms with Crippen LogP contribution in [0.4, 0.5) is 4.39 Å². The quantitative estimate of drug-likeness (QED) is 0.0925. The number of halogens is 1. The van der Waals surface area contributed by atoms with E-state index in [0.29, 0.717) is 6.61 Å². The van der Waals surface area contributed by atoms with Crippen molar-refractivity contribution >= 4 is 0 Å². The first-order valence-corrected chi connectivity index (χ1v) is 20.2. The minimum atomic E-state index is -1.79. The van der Waals surface area contributed by atoms with Gasteiger partial charge in [0.2, 0.25) is 0 Å². The van der Waals surface area contributed by atoms with E-state index in [1.54, 1.807) is 7.11 Å². The van der Waals surface area contributed by atoms with Crippen molar-refractivity contribution in [2.75, 3.05) is 20.3 Å². The maximum absolute atomic E-state index is 17.4. The second-order valence-corrected chi connectivity index (χ2v) is 14.8. The first-order chi connectivity index (χ1) is 29.1. The van der Waals surface area contributed by atoms with Crippen LogP contribution in [-0.4, -0.2) is 81.8 Å². The van der Waals surface area contributed by atoms with E-state index in [4.69, 9.17) is 47.4 Å². The second kappa shape index (κ2) is 20.7. The molecule has 11 heteroatoms. The highest BCUT2D eigenvalue weighted by atomic mass is 19.1. The third-order valence-electron chi connectivity index (χ3n) is 10.7. The third kappa shape index (κ3) is 10.7. The van der Waals surface area contributed by atoms with Gasteiger partial charge in [-0.15, -0.1) is 0 Å².